The van der Waals surface area contributed by atoms with Crippen molar-refractivity contribution >= 4 is 8.80 Å². The molecule has 2 aliphatic rings. The zero-order valence-corrected chi connectivity index (χ0v) is 16.1. The first-order valence-electron chi connectivity index (χ1n) is 9.49. The van der Waals surface area contributed by atoms with Gasteiger partial charge in [0.25, 0.3) is 0 Å². The van der Waals surface area contributed by atoms with Crippen LogP contribution in [0.3, 0.4) is 0 Å². The molecule has 0 unspecified atom stereocenters. The quantitative estimate of drug-likeness (QED) is 0.471. The third-order valence-corrected chi connectivity index (χ3v) is 7.82. The number of hydrogen-bond donors (Lipinski definition) is 2. The molecule has 0 aromatic rings. The normalized spacial score (nSPS) is 21.7. The van der Waals surface area contributed by atoms with Gasteiger partial charge in [0, 0.05) is 32.8 Å². The van der Waals surface area contributed by atoms with Gasteiger partial charge in [0.2, 0.25) is 0 Å². The average molecular weight is 345 g/mol. The van der Waals surface area contributed by atoms with Crippen LogP contribution in [0.15, 0.2) is 0 Å². The van der Waals surface area contributed by atoms with Crippen LogP contribution in [0.4, 0.5) is 0 Å². The fourth-order valence-corrected chi connectivity index (χ4v) is 5.49. The van der Waals surface area contributed by atoms with E-state index in [-0.39, 0.29) is 0 Å². The van der Waals surface area contributed by atoms with E-state index in [0.29, 0.717) is 24.9 Å². The molecule has 0 saturated heterocycles. The van der Waals surface area contributed by atoms with Gasteiger partial charge < -0.3 is 23.9 Å². The molecule has 0 atom stereocenters. The summed E-state index contributed by atoms with van der Waals surface area (Å²) in [5, 5.41) is 7.23. The molecule has 6 heteroatoms. The average Bonchev–Trinajstić information content (AvgIpc) is 2.63. The van der Waals surface area contributed by atoms with Crippen LogP contribution < -0.4 is 10.6 Å². The van der Waals surface area contributed by atoms with Crippen LogP contribution in [-0.4, -0.2) is 54.4 Å². The first-order chi connectivity index (χ1) is 11.3. The predicted molar refractivity (Wildman–Crippen MR) is 95.5 cm³/mol. The Labute approximate surface area is 143 Å². The molecule has 0 spiro atoms. The summed E-state index contributed by atoms with van der Waals surface area (Å²) in [6.45, 7) is 1.55. The first-order valence-corrected chi connectivity index (χ1v) is 11.4. The molecule has 0 bridgehead atoms. The Bertz CT molecular complexity index is 304. The maximum atomic E-state index is 6.08. The Morgan fingerprint density at radius 2 is 1.30 bits per heavy atom. The molecule has 136 valence electrons. The molecule has 23 heavy (non-hydrogen) atoms. The van der Waals surface area contributed by atoms with Gasteiger partial charge in [0.05, 0.1) is 12.8 Å². The van der Waals surface area contributed by atoms with Crippen LogP contribution in [-0.2, 0) is 13.3 Å². The Hall–Kier alpha value is 0.0169. The summed E-state index contributed by atoms with van der Waals surface area (Å²) in [6.07, 6.45) is 14.0. The van der Waals surface area contributed by atoms with Gasteiger partial charge >= 0.3 is 8.80 Å². The summed E-state index contributed by atoms with van der Waals surface area (Å²) in [5.74, 6) is 0. The Kier molecular flexibility index (Phi) is 9.08. The summed E-state index contributed by atoms with van der Waals surface area (Å²) in [6, 6.07) is 1.28. The molecule has 2 fully saturated rings. The SMILES string of the molecule is CO[Si](CNC1CCCCC1)(OC)OCCNC1CCCCC1. The Morgan fingerprint density at radius 1 is 0.783 bits per heavy atom. The van der Waals surface area contributed by atoms with Crippen molar-refractivity contribution in [3.63, 3.8) is 0 Å². The van der Waals surface area contributed by atoms with Gasteiger partial charge in [-0.15, -0.1) is 0 Å². The molecule has 2 saturated carbocycles. The van der Waals surface area contributed by atoms with Crippen LogP contribution in [0.5, 0.6) is 0 Å². The number of hydrogen-bond acceptors (Lipinski definition) is 5. The van der Waals surface area contributed by atoms with Crippen LogP contribution in [0.1, 0.15) is 64.2 Å². The van der Waals surface area contributed by atoms with E-state index in [2.05, 4.69) is 10.6 Å². The fourth-order valence-electron chi connectivity index (χ4n) is 3.75. The molecule has 2 rings (SSSR count). The lowest BCUT2D eigenvalue weighted by Crippen LogP contribution is -2.55. The van der Waals surface area contributed by atoms with E-state index in [9.17, 15) is 0 Å². The van der Waals surface area contributed by atoms with Crippen molar-refractivity contribution in [1.29, 1.82) is 0 Å². The van der Waals surface area contributed by atoms with Crippen molar-refractivity contribution in [2.24, 2.45) is 0 Å². The van der Waals surface area contributed by atoms with Gasteiger partial charge in [-0.2, -0.15) is 0 Å². The van der Waals surface area contributed by atoms with Gasteiger partial charge in [0.1, 0.15) is 0 Å². The molecular formula is C17H36N2O3Si. The van der Waals surface area contributed by atoms with Gasteiger partial charge in [-0.25, -0.2) is 0 Å². The second-order valence-electron chi connectivity index (χ2n) is 6.94. The Balaban J connectivity index is 1.66. The number of nitrogens with one attached hydrogen (secondary N) is 2. The smallest absolute Gasteiger partial charge is 0.376 e. The molecule has 5 nitrogen and oxygen atoms in total. The summed E-state index contributed by atoms with van der Waals surface area (Å²) in [5.41, 5.74) is 0. The highest BCUT2D eigenvalue weighted by molar-refractivity contribution is 6.60. The monoisotopic (exact) mass is 344 g/mol. The minimum atomic E-state index is -2.57. The second kappa shape index (κ2) is 10.8. The molecule has 2 N–H and O–H groups in total. The lowest BCUT2D eigenvalue weighted by molar-refractivity contribution is 0.0945. The van der Waals surface area contributed by atoms with Crippen molar-refractivity contribution in [3.05, 3.63) is 0 Å². The maximum Gasteiger partial charge on any atom is 0.515 e. The van der Waals surface area contributed by atoms with E-state index in [1.807, 2.05) is 0 Å². The summed E-state index contributed by atoms with van der Waals surface area (Å²) in [7, 11) is 0.865. The van der Waals surface area contributed by atoms with E-state index in [1.54, 1.807) is 14.2 Å². The molecule has 0 heterocycles. The fraction of sp³-hybridized carbons (Fsp3) is 1.00. The highest BCUT2D eigenvalue weighted by Gasteiger charge is 2.39. The highest BCUT2D eigenvalue weighted by atomic mass is 28.4. The third-order valence-electron chi connectivity index (χ3n) is 5.30. The maximum absolute atomic E-state index is 6.08. The van der Waals surface area contributed by atoms with Crippen LogP contribution in [0, 0.1) is 0 Å². The van der Waals surface area contributed by atoms with Crippen molar-refractivity contribution in [1.82, 2.24) is 10.6 Å². The minimum absolute atomic E-state index is 0.602. The molecule has 0 radical (unpaired) electrons. The molecule has 0 aromatic carbocycles. The van der Waals surface area contributed by atoms with Crippen molar-refractivity contribution < 1.29 is 13.3 Å². The molecule has 0 aromatic heterocycles. The van der Waals surface area contributed by atoms with Crippen LogP contribution in [0.2, 0.25) is 0 Å². The lowest BCUT2D eigenvalue weighted by atomic mass is 9.96. The standard InChI is InChI=1S/C17H36N2O3Si/c1-20-23(21-2,15-19-17-11-7-4-8-12-17)22-14-13-18-16-9-5-3-6-10-16/h16-19H,3-15H2,1-2H3. The van der Waals surface area contributed by atoms with E-state index in [1.165, 1.54) is 64.2 Å². The summed E-state index contributed by atoms with van der Waals surface area (Å²) in [4.78, 5) is 0. The van der Waals surface area contributed by atoms with E-state index >= 15 is 0 Å². The van der Waals surface area contributed by atoms with Crippen molar-refractivity contribution in [2.75, 3.05) is 33.5 Å². The summed E-state index contributed by atoms with van der Waals surface area (Å²) < 4.78 is 17.4. The molecular weight excluding hydrogens is 308 g/mol. The second-order valence-corrected chi connectivity index (χ2v) is 9.77. The lowest BCUT2D eigenvalue weighted by Gasteiger charge is -2.30. The molecule has 0 aliphatic heterocycles. The predicted octanol–water partition coefficient (Wildman–Crippen LogP) is 2.62. The van der Waals surface area contributed by atoms with Gasteiger partial charge in [-0.3, -0.25) is 0 Å². The van der Waals surface area contributed by atoms with Crippen molar-refractivity contribution in [3.8, 4) is 0 Å². The zero-order chi connectivity index (χ0) is 16.4. The van der Waals surface area contributed by atoms with Crippen LogP contribution in [0.25, 0.3) is 0 Å². The van der Waals surface area contributed by atoms with Gasteiger partial charge in [-0.1, -0.05) is 38.5 Å². The number of rotatable bonds is 10. The third kappa shape index (κ3) is 6.80. The van der Waals surface area contributed by atoms with Crippen LogP contribution >= 0.6 is 0 Å². The van der Waals surface area contributed by atoms with Crippen molar-refractivity contribution in [2.45, 2.75) is 76.3 Å². The first kappa shape index (κ1) is 19.3. The molecule has 2 aliphatic carbocycles. The van der Waals surface area contributed by atoms with E-state index < -0.39 is 8.80 Å². The van der Waals surface area contributed by atoms with E-state index in [4.69, 9.17) is 13.3 Å². The summed E-state index contributed by atoms with van der Waals surface area (Å²) >= 11 is 0. The minimum Gasteiger partial charge on any atom is -0.376 e. The highest BCUT2D eigenvalue weighted by Crippen LogP contribution is 2.19. The topological polar surface area (TPSA) is 51.8 Å². The Morgan fingerprint density at radius 3 is 1.83 bits per heavy atom. The zero-order valence-electron chi connectivity index (χ0n) is 15.1. The molecule has 0 amide bonds. The van der Waals surface area contributed by atoms with Gasteiger partial charge in [0.15, 0.2) is 0 Å². The van der Waals surface area contributed by atoms with E-state index in [0.717, 1.165) is 6.54 Å². The largest absolute Gasteiger partial charge is 0.515 e. The van der Waals surface area contributed by atoms with Gasteiger partial charge in [-0.05, 0) is 25.7 Å².